The van der Waals surface area contributed by atoms with Gasteiger partial charge in [-0.3, -0.25) is 0 Å². The number of hydrogen-bond acceptors (Lipinski definition) is 5. The molecule has 0 bridgehead atoms. The molecule has 2 N–H and O–H groups in total. The number of nitrogens with zero attached hydrogens (tertiary/aromatic N) is 2. The second kappa shape index (κ2) is 4.93. The smallest absolute Gasteiger partial charge is 0.258 e. The van der Waals surface area contributed by atoms with Crippen LogP contribution in [0, 0.1) is 0 Å². The topological polar surface area (TPSA) is 74.2 Å². The van der Waals surface area contributed by atoms with E-state index in [1.54, 1.807) is 0 Å². The highest BCUT2D eigenvalue weighted by atomic mass is 16.5. The molecule has 0 radical (unpaired) electrons. The highest BCUT2D eigenvalue weighted by molar-refractivity contribution is 5.56. The molecule has 1 aromatic carbocycles. The lowest BCUT2D eigenvalue weighted by molar-refractivity contribution is 0.134. The van der Waals surface area contributed by atoms with E-state index < -0.39 is 5.54 Å². The van der Waals surface area contributed by atoms with Crippen LogP contribution in [0.3, 0.4) is 0 Å². The molecule has 2 heterocycles. The van der Waals surface area contributed by atoms with E-state index in [0.717, 1.165) is 31.2 Å². The summed E-state index contributed by atoms with van der Waals surface area (Å²) in [4.78, 5) is 4.56. The molecule has 1 aliphatic heterocycles. The number of hydrogen-bond donors (Lipinski definition) is 1. The van der Waals surface area contributed by atoms with Gasteiger partial charge in [-0.25, -0.2) is 0 Å². The maximum atomic E-state index is 6.46. The van der Waals surface area contributed by atoms with Crippen LogP contribution in [0.2, 0.25) is 0 Å². The molecular formula is C16H19N3O2. The Morgan fingerprint density at radius 2 is 1.86 bits per heavy atom. The molecule has 0 atom stereocenters. The van der Waals surface area contributed by atoms with Crippen LogP contribution in [0.25, 0.3) is 11.5 Å². The number of fused-ring (bicyclic) bond motifs is 1. The summed E-state index contributed by atoms with van der Waals surface area (Å²) in [6.07, 6.45) is 5.38. The Balaban J connectivity index is 1.65. The zero-order valence-electron chi connectivity index (χ0n) is 12.0. The van der Waals surface area contributed by atoms with Gasteiger partial charge in [0.15, 0.2) is 5.82 Å². The summed E-state index contributed by atoms with van der Waals surface area (Å²) >= 11 is 0. The summed E-state index contributed by atoms with van der Waals surface area (Å²) in [5.41, 5.74) is 9.42. The van der Waals surface area contributed by atoms with Crippen molar-refractivity contribution in [2.45, 2.75) is 50.9 Å². The SMILES string of the molecule is NC1(c2noc(-c3ccc4c(c3)COC4)n2)CCCCC1. The average Bonchev–Trinajstić information content (AvgIpc) is 3.17. The van der Waals surface area contributed by atoms with E-state index in [0.29, 0.717) is 24.9 Å². The Hall–Kier alpha value is -1.72. The standard InChI is InChI=1S/C16H19N3O2/c17-16(6-2-1-3-7-16)15-18-14(21-19-15)11-4-5-12-9-20-10-13(12)8-11/h4-5,8H,1-3,6-7,9-10,17H2. The molecule has 5 nitrogen and oxygen atoms in total. The van der Waals surface area contributed by atoms with Gasteiger partial charge in [-0.1, -0.05) is 30.5 Å². The Labute approximate surface area is 123 Å². The molecule has 1 fully saturated rings. The highest BCUT2D eigenvalue weighted by Crippen LogP contribution is 2.34. The Morgan fingerprint density at radius 3 is 2.71 bits per heavy atom. The lowest BCUT2D eigenvalue weighted by Crippen LogP contribution is -2.39. The summed E-state index contributed by atoms with van der Waals surface area (Å²) in [6.45, 7) is 1.35. The summed E-state index contributed by atoms with van der Waals surface area (Å²) in [5, 5.41) is 4.14. The second-order valence-corrected chi connectivity index (χ2v) is 6.12. The van der Waals surface area contributed by atoms with Crippen LogP contribution in [0.1, 0.15) is 49.1 Å². The summed E-state index contributed by atoms with van der Waals surface area (Å²) in [6, 6.07) is 6.15. The third-order valence-corrected chi connectivity index (χ3v) is 4.59. The van der Waals surface area contributed by atoms with Crippen LogP contribution >= 0.6 is 0 Å². The first kappa shape index (κ1) is 13.0. The molecule has 0 amide bonds. The normalized spacial score (nSPS) is 20.4. The van der Waals surface area contributed by atoms with Crippen molar-refractivity contribution in [3.63, 3.8) is 0 Å². The maximum Gasteiger partial charge on any atom is 0.258 e. The number of nitrogens with two attached hydrogens (primary N) is 1. The van der Waals surface area contributed by atoms with E-state index in [-0.39, 0.29) is 0 Å². The Morgan fingerprint density at radius 1 is 1.05 bits per heavy atom. The van der Waals surface area contributed by atoms with Crippen molar-refractivity contribution in [3.05, 3.63) is 35.2 Å². The summed E-state index contributed by atoms with van der Waals surface area (Å²) in [5.74, 6) is 1.20. The average molecular weight is 285 g/mol. The van der Waals surface area contributed by atoms with Gasteiger partial charge in [-0.15, -0.1) is 0 Å². The number of rotatable bonds is 2. The summed E-state index contributed by atoms with van der Waals surface area (Å²) < 4.78 is 10.9. The molecule has 110 valence electrons. The number of aromatic nitrogens is 2. The predicted molar refractivity (Wildman–Crippen MR) is 77.2 cm³/mol. The molecule has 1 aromatic heterocycles. The van der Waals surface area contributed by atoms with Crippen molar-refractivity contribution in [1.29, 1.82) is 0 Å². The Kier molecular flexibility index (Phi) is 3.05. The van der Waals surface area contributed by atoms with Gasteiger partial charge in [0.1, 0.15) is 0 Å². The lowest BCUT2D eigenvalue weighted by Gasteiger charge is -2.29. The number of benzene rings is 1. The van der Waals surface area contributed by atoms with Crippen LogP contribution < -0.4 is 5.73 Å². The first-order chi connectivity index (χ1) is 10.2. The maximum absolute atomic E-state index is 6.46. The molecule has 21 heavy (non-hydrogen) atoms. The number of ether oxygens (including phenoxy) is 1. The van der Waals surface area contributed by atoms with E-state index in [1.165, 1.54) is 17.5 Å². The zero-order chi connectivity index (χ0) is 14.3. The van der Waals surface area contributed by atoms with Crippen molar-refractivity contribution >= 4 is 0 Å². The van der Waals surface area contributed by atoms with Gasteiger partial charge in [0.05, 0.1) is 18.8 Å². The fourth-order valence-corrected chi connectivity index (χ4v) is 3.25. The van der Waals surface area contributed by atoms with Crippen LogP contribution in [-0.2, 0) is 23.5 Å². The zero-order valence-corrected chi connectivity index (χ0v) is 12.0. The molecule has 0 unspecified atom stereocenters. The molecule has 2 aromatic rings. The van der Waals surface area contributed by atoms with Crippen molar-refractivity contribution in [3.8, 4) is 11.5 Å². The molecule has 0 saturated heterocycles. The lowest BCUT2D eigenvalue weighted by atomic mass is 9.82. The van der Waals surface area contributed by atoms with Crippen molar-refractivity contribution in [2.24, 2.45) is 5.73 Å². The van der Waals surface area contributed by atoms with Gasteiger partial charge in [0.25, 0.3) is 5.89 Å². The van der Waals surface area contributed by atoms with Gasteiger partial charge in [-0.2, -0.15) is 4.98 Å². The molecule has 1 saturated carbocycles. The second-order valence-electron chi connectivity index (χ2n) is 6.12. The monoisotopic (exact) mass is 285 g/mol. The Bertz CT molecular complexity index is 659. The first-order valence-corrected chi connectivity index (χ1v) is 7.58. The third kappa shape index (κ3) is 2.26. The van der Waals surface area contributed by atoms with Gasteiger partial charge in [-0.05, 0) is 36.1 Å². The fraction of sp³-hybridized carbons (Fsp3) is 0.500. The molecule has 5 heteroatoms. The molecular weight excluding hydrogens is 266 g/mol. The van der Waals surface area contributed by atoms with E-state index >= 15 is 0 Å². The van der Waals surface area contributed by atoms with Crippen molar-refractivity contribution < 1.29 is 9.26 Å². The molecule has 2 aliphatic rings. The highest BCUT2D eigenvalue weighted by Gasteiger charge is 2.34. The van der Waals surface area contributed by atoms with Crippen LogP contribution in [0.4, 0.5) is 0 Å². The minimum atomic E-state index is -0.417. The minimum Gasteiger partial charge on any atom is -0.372 e. The molecule has 0 spiro atoms. The van der Waals surface area contributed by atoms with Crippen LogP contribution in [0.15, 0.2) is 22.7 Å². The van der Waals surface area contributed by atoms with Crippen molar-refractivity contribution in [2.75, 3.05) is 0 Å². The summed E-state index contributed by atoms with van der Waals surface area (Å²) in [7, 11) is 0. The quantitative estimate of drug-likeness (QED) is 0.918. The first-order valence-electron chi connectivity index (χ1n) is 7.58. The van der Waals surface area contributed by atoms with Gasteiger partial charge in [0, 0.05) is 5.56 Å². The van der Waals surface area contributed by atoms with E-state index in [1.807, 2.05) is 6.07 Å². The predicted octanol–water partition coefficient (Wildman–Crippen LogP) is 2.88. The molecule has 1 aliphatic carbocycles. The van der Waals surface area contributed by atoms with Gasteiger partial charge < -0.3 is 15.0 Å². The van der Waals surface area contributed by atoms with Crippen LogP contribution in [-0.4, -0.2) is 10.1 Å². The van der Waals surface area contributed by atoms with Gasteiger partial charge in [0.2, 0.25) is 0 Å². The molecule has 4 rings (SSSR count). The van der Waals surface area contributed by atoms with Crippen LogP contribution in [0.5, 0.6) is 0 Å². The largest absolute Gasteiger partial charge is 0.372 e. The van der Waals surface area contributed by atoms with E-state index in [2.05, 4.69) is 22.3 Å². The van der Waals surface area contributed by atoms with Crippen molar-refractivity contribution in [1.82, 2.24) is 10.1 Å². The fourth-order valence-electron chi connectivity index (χ4n) is 3.25. The van der Waals surface area contributed by atoms with Gasteiger partial charge >= 0.3 is 0 Å². The third-order valence-electron chi connectivity index (χ3n) is 4.59. The minimum absolute atomic E-state index is 0.417. The van der Waals surface area contributed by atoms with E-state index in [9.17, 15) is 0 Å². The van der Waals surface area contributed by atoms with E-state index in [4.69, 9.17) is 15.0 Å².